The summed E-state index contributed by atoms with van der Waals surface area (Å²) in [5.41, 5.74) is 0.968. The fraction of sp³-hybridized carbons (Fsp3) is 0.429. The number of carbonyl (C=O) groups is 2. The minimum absolute atomic E-state index is 0.0471. The van der Waals surface area contributed by atoms with Crippen LogP contribution in [0, 0.1) is 0 Å². The molecule has 0 aromatic heterocycles. The van der Waals surface area contributed by atoms with E-state index in [1.165, 1.54) is 4.90 Å². The maximum Gasteiger partial charge on any atom is 0.327 e. The van der Waals surface area contributed by atoms with E-state index in [0.717, 1.165) is 5.56 Å². The molecule has 1 aromatic rings. The first-order valence-electron chi connectivity index (χ1n) is 6.27. The highest BCUT2D eigenvalue weighted by Crippen LogP contribution is 2.34. The lowest BCUT2D eigenvalue weighted by atomic mass is 10.0. The Bertz CT molecular complexity index is 478. The van der Waals surface area contributed by atoms with Crippen LogP contribution in [0.1, 0.15) is 24.9 Å². The van der Waals surface area contributed by atoms with E-state index in [9.17, 15) is 9.59 Å². The molecule has 102 valence electrons. The summed E-state index contributed by atoms with van der Waals surface area (Å²) < 4.78 is 0. The third kappa shape index (κ3) is 2.45. The average Bonchev–Trinajstić information content (AvgIpc) is 2.64. The maximum atomic E-state index is 12.2. The molecule has 0 radical (unpaired) electrons. The van der Waals surface area contributed by atoms with Crippen molar-refractivity contribution < 1.29 is 9.59 Å². The number of alkyl halides is 1. The summed E-state index contributed by atoms with van der Waals surface area (Å²) in [5.74, 6) is 0.00688. The fourth-order valence-electron chi connectivity index (χ4n) is 2.43. The second-order valence-corrected chi connectivity index (χ2v) is 5.07. The number of amides is 3. The van der Waals surface area contributed by atoms with Crippen molar-refractivity contribution >= 4 is 23.5 Å². The number of carbonyl (C=O) groups excluding carboxylic acids is 2. The van der Waals surface area contributed by atoms with Crippen LogP contribution in [-0.4, -0.2) is 40.7 Å². The molecule has 0 N–H and O–H groups in total. The lowest BCUT2D eigenvalue weighted by molar-refractivity contribution is -0.129. The number of nitrogens with zero attached hydrogens (tertiary/aromatic N) is 2. The van der Waals surface area contributed by atoms with Crippen LogP contribution in [0.15, 0.2) is 30.3 Å². The van der Waals surface area contributed by atoms with Crippen molar-refractivity contribution in [1.82, 2.24) is 9.80 Å². The van der Waals surface area contributed by atoms with Gasteiger partial charge in [-0.2, -0.15) is 0 Å². The van der Waals surface area contributed by atoms with Crippen LogP contribution in [0.5, 0.6) is 0 Å². The summed E-state index contributed by atoms with van der Waals surface area (Å²) >= 11 is 5.62. The number of likely N-dealkylation sites (N-methyl/N-ethyl adjacent to an activating group) is 1. The van der Waals surface area contributed by atoms with Gasteiger partial charge in [-0.05, 0) is 12.5 Å². The first kappa shape index (κ1) is 13.9. The van der Waals surface area contributed by atoms with Gasteiger partial charge in [0.15, 0.2) is 0 Å². The van der Waals surface area contributed by atoms with Crippen LogP contribution in [0.3, 0.4) is 0 Å². The molecule has 5 heteroatoms. The van der Waals surface area contributed by atoms with Gasteiger partial charge in [-0.1, -0.05) is 30.3 Å². The molecular weight excluding hydrogens is 264 g/mol. The Labute approximate surface area is 117 Å². The normalized spacial score (nSPS) is 23.0. The van der Waals surface area contributed by atoms with Crippen molar-refractivity contribution in [2.45, 2.75) is 25.4 Å². The van der Waals surface area contributed by atoms with Crippen molar-refractivity contribution in [3.63, 3.8) is 0 Å². The SMILES string of the molecule is C[C@H]1[C@@H](c2ccccc2)N(C(=O)CCCl)C(=O)N1C. The van der Waals surface area contributed by atoms with Crippen molar-refractivity contribution in [1.29, 1.82) is 0 Å². The zero-order chi connectivity index (χ0) is 14.0. The number of hydrogen-bond acceptors (Lipinski definition) is 2. The topological polar surface area (TPSA) is 40.6 Å². The van der Waals surface area contributed by atoms with Gasteiger partial charge in [0.05, 0.1) is 12.1 Å². The number of urea groups is 1. The first-order valence-corrected chi connectivity index (χ1v) is 6.81. The Morgan fingerprint density at radius 1 is 1.32 bits per heavy atom. The summed E-state index contributed by atoms with van der Waals surface area (Å²) in [5, 5.41) is 0. The lowest BCUT2D eigenvalue weighted by Crippen LogP contribution is -2.36. The van der Waals surface area contributed by atoms with E-state index in [1.54, 1.807) is 11.9 Å². The average molecular weight is 281 g/mol. The Morgan fingerprint density at radius 3 is 2.53 bits per heavy atom. The molecule has 0 bridgehead atoms. The first-order chi connectivity index (χ1) is 9.07. The Kier molecular flexibility index (Phi) is 4.10. The van der Waals surface area contributed by atoms with E-state index < -0.39 is 0 Å². The molecule has 0 spiro atoms. The number of imide groups is 1. The predicted molar refractivity (Wildman–Crippen MR) is 74.0 cm³/mol. The molecular formula is C14H17ClN2O2. The summed E-state index contributed by atoms with van der Waals surface area (Å²) in [6.07, 6.45) is 0.178. The minimum Gasteiger partial charge on any atom is -0.322 e. The van der Waals surface area contributed by atoms with Gasteiger partial charge >= 0.3 is 6.03 Å². The molecule has 0 saturated carbocycles. The third-order valence-corrected chi connectivity index (χ3v) is 3.76. The van der Waals surface area contributed by atoms with Gasteiger partial charge in [0.25, 0.3) is 0 Å². The van der Waals surface area contributed by atoms with Gasteiger partial charge in [-0.15, -0.1) is 11.6 Å². The van der Waals surface area contributed by atoms with Gasteiger partial charge in [0, 0.05) is 19.3 Å². The maximum absolute atomic E-state index is 12.2. The molecule has 4 nitrogen and oxygen atoms in total. The van der Waals surface area contributed by atoms with E-state index in [1.807, 2.05) is 37.3 Å². The molecule has 1 aliphatic heterocycles. The number of halogens is 1. The van der Waals surface area contributed by atoms with E-state index in [4.69, 9.17) is 11.6 Å². The standard InChI is InChI=1S/C14H17ClN2O2/c1-10-13(11-6-4-3-5-7-11)17(12(18)8-9-15)14(19)16(10)2/h3-7,10,13H,8-9H2,1-2H3/t10-,13-/m0/s1. The summed E-state index contributed by atoms with van der Waals surface area (Å²) in [4.78, 5) is 27.3. The molecule has 0 unspecified atom stereocenters. The van der Waals surface area contributed by atoms with Gasteiger partial charge in [0.2, 0.25) is 5.91 Å². The Balaban J connectivity index is 2.37. The molecule has 1 aliphatic rings. The van der Waals surface area contributed by atoms with Crippen molar-refractivity contribution in [2.24, 2.45) is 0 Å². The largest absolute Gasteiger partial charge is 0.327 e. The van der Waals surface area contributed by atoms with Gasteiger partial charge in [-0.3, -0.25) is 9.69 Å². The van der Waals surface area contributed by atoms with Crippen molar-refractivity contribution in [3.8, 4) is 0 Å². The molecule has 19 heavy (non-hydrogen) atoms. The molecule has 1 saturated heterocycles. The van der Waals surface area contributed by atoms with Crippen LogP contribution in [0.2, 0.25) is 0 Å². The highest BCUT2D eigenvalue weighted by Gasteiger charge is 2.45. The zero-order valence-corrected chi connectivity index (χ0v) is 11.8. The van der Waals surface area contributed by atoms with Crippen LogP contribution in [0.25, 0.3) is 0 Å². The lowest BCUT2D eigenvalue weighted by Gasteiger charge is -2.24. The fourth-order valence-corrected chi connectivity index (χ4v) is 2.59. The number of hydrogen-bond donors (Lipinski definition) is 0. The molecule has 1 aromatic carbocycles. The summed E-state index contributed by atoms with van der Waals surface area (Å²) in [6.45, 7) is 1.95. The van der Waals surface area contributed by atoms with E-state index in [0.29, 0.717) is 0 Å². The summed E-state index contributed by atoms with van der Waals surface area (Å²) in [7, 11) is 1.72. The minimum atomic E-state index is -0.253. The van der Waals surface area contributed by atoms with Crippen LogP contribution in [0.4, 0.5) is 4.79 Å². The monoisotopic (exact) mass is 280 g/mol. The molecule has 2 rings (SSSR count). The second-order valence-electron chi connectivity index (χ2n) is 4.69. The van der Waals surface area contributed by atoms with Gasteiger partial charge in [-0.25, -0.2) is 4.79 Å². The smallest absolute Gasteiger partial charge is 0.322 e. The highest BCUT2D eigenvalue weighted by molar-refractivity contribution is 6.19. The number of rotatable bonds is 3. The second kappa shape index (κ2) is 5.61. The van der Waals surface area contributed by atoms with E-state index in [-0.39, 0.29) is 36.3 Å². The molecule has 3 amide bonds. The van der Waals surface area contributed by atoms with Crippen LogP contribution >= 0.6 is 11.6 Å². The zero-order valence-electron chi connectivity index (χ0n) is 11.0. The van der Waals surface area contributed by atoms with Gasteiger partial charge < -0.3 is 4.90 Å². The predicted octanol–water partition coefficient (Wildman–Crippen LogP) is 2.64. The Morgan fingerprint density at radius 2 is 1.95 bits per heavy atom. The Hall–Kier alpha value is -1.55. The quantitative estimate of drug-likeness (QED) is 0.799. The van der Waals surface area contributed by atoms with Crippen molar-refractivity contribution in [2.75, 3.05) is 12.9 Å². The van der Waals surface area contributed by atoms with Crippen molar-refractivity contribution in [3.05, 3.63) is 35.9 Å². The molecule has 2 atom stereocenters. The van der Waals surface area contributed by atoms with E-state index in [2.05, 4.69) is 0 Å². The summed E-state index contributed by atoms with van der Waals surface area (Å²) in [6, 6.07) is 9.08. The van der Waals surface area contributed by atoms with E-state index >= 15 is 0 Å². The molecule has 1 fully saturated rings. The highest BCUT2D eigenvalue weighted by atomic mass is 35.5. The molecule has 0 aliphatic carbocycles. The molecule has 1 heterocycles. The van der Waals surface area contributed by atoms with Crippen LogP contribution < -0.4 is 0 Å². The van der Waals surface area contributed by atoms with Crippen LogP contribution in [-0.2, 0) is 4.79 Å². The third-order valence-electron chi connectivity index (χ3n) is 3.57. The van der Waals surface area contributed by atoms with Gasteiger partial charge in [0.1, 0.15) is 0 Å². The number of benzene rings is 1.